The molecule has 14 atom stereocenters. The molecule has 0 aromatic heterocycles. The van der Waals surface area contributed by atoms with Crippen LogP contribution in [-0.2, 0) is 53.1 Å². The summed E-state index contributed by atoms with van der Waals surface area (Å²) < 4.78 is 22.2. The second-order valence-corrected chi connectivity index (χ2v) is 57.9. The van der Waals surface area contributed by atoms with Gasteiger partial charge in [-0.25, -0.2) is 0 Å². The average Bonchev–Trinajstić information content (AvgIpc) is 1.63. The molecule has 4 aliphatic carbocycles. The molecule has 4 saturated heterocycles. The normalized spacial score (nSPS) is 25.0. The third-order valence-electron chi connectivity index (χ3n) is 27.9. The van der Waals surface area contributed by atoms with Crippen LogP contribution in [0.2, 0.25) is 50.4 Å². The number of ether oxygens (including phenoxy) is 4. The Bertz CT molecular complexity index is 3650. The minimum Gasteiger partial charge on any atom is -0.383 e. The zero-order valence-electron chi connectivity index (χ0n) is 77.3. The summed E-state index contributed by atoms with van der Waals surface area (Å²) in [6.45, 7) is 29.3. The van der Waals surface area contributed by atoms with E-state index in [1.165, 1.54) is 168 Å². The molecule has 16 heteroatoms. The third-order valence-corrected chi connectivity index (χ3v) is 45.9. The minimum absolute atomic E-state index is 0. The maximum atomic E-state index is 5.60. The van der Waals surface area contributed by atoms with E-state index in [9.17, 15) is 0 Å². The van der Waals surface area contributed by atoms with Crippen molar-refractivity contribution >= 4 is 90.3 Å². The predicted octanol–water partition coefficient (Wildman–Crippen LogP) is 23.3. The molecule has 0 spiro atoms. The molecule has 124 heavy (non-hydrogen) atoms. The van der Waals surface area contributed by atoms with Gasteiger partial charge in [0, 0.05) is 94.9 Å². The molecule has 8 aromatic rings. The van der Waals surface area contributed by atoms with Gasteiger partial charge in [-0.05, 0) is 248 Å². The molecular weight excluding hydrogens is 1710 g/mol. The third kappa shape index (κ3) is 29.8. The van der Waals surface area contributed by atoms with Gasteiger partial charge < -0.3 is 48.7 Å². The molecule has 4 saturated carbocycles. The maximum Gasteiger partial charge on any atom is 2.00 e. The van der Waals surface area contributed by atoms with Gasteiger partial charge in [-0.2, -0.15) is 0 Å². The van der Waals surface area contributed by atoms with Crippen LogP contribution in [0.4, 0.5) is 0 Å². The predicted molar refractivity (Wildman–Crippen MR) is 551 cm³/mol. The smallest absolute Gasteiger partial charge is 0.383 e. The minimum atomic E-state index is -1.24. The number of nitrogens with zero attached hydrogens (tertiary/aromatic N) is 4. The molecule has 16 rings (SSSR count). The summed E-state index contributed by atoms with van der Waals surface area (Å²) in [4.78, 5) is 11.1. The van der Waals surface area contributed by atoms with Crippen LogP contribution in [-0.4, -0.2) is 190 Å². The van der Waals surface area contributed by atoms with Crippen molar-refractivity contribution in [3.8, 4) is 0 Å². The van der Waals surface area contributed by atoms with E-state index in [0.29, 0.717) is 24.2 Å². The molecule has 8 aliphatic rings. The number of hydrogen-bond acceptors (Lipinski definition) is 8. The van der Waals surface area contributed by atoms with Crippen LogP contribution in [0.5, 0.6) is 0 Å². The van der Waals surface area contributed by atoms with Crippen LogP contribution in [0.25, 0.3) is 0 Å². The average molecular weight is 1870 g/mol. The van der Waals surface area contributed by atoms with Gasteiger partial charge in [-0.15, -0.1) is 0 Å². The molecule has 8 fully saturated rings. The van der Waals surface area contributed by atoms with Crippen molar-refractivity contribution in [2.45, 2.75) is 228 Å². The fourth-order valence-electron chi connectivity index (χ4n) is 22.6. The van der Waals surface area contributed by atoms with E-state index in [-0.39, 0.29) is 110 Å². The van der Waals surface area contributed by atoms with Crippen LogP contribution >= 0.6 is 31.7 Å². The Kier molecular flexibility index (Phi) is 50.6. The molecule has 0 amide bonds. The first-order valence-corrected chi connectivity index (χ1v) is 58.0. The molecule has 0 bridgehead atoms. The van der Waals surface area contributed by atoms with Crippen LogP contribution < -0.4 is 42.4 Å². The summed E-state index contributed by atoms with van der Waals surface area (Å²) >= 11 is 0. The van der Waals surface area contributed by atoms with Gasteiger partial charge in [0.05, 0.1) is 26.4 Å². The Morgan fingerprint density at radius 3 is 0.661 bits per heavy atom. The first-order chi connectivity index (χ1) is 56.7. The van der Waals surface area contributed by atoms with E-state index in [1.54, 1.807) is 42.4 Å². The number of rotatable bonds is 30. The summed E-state index contributed by atoms with van der Waals surface area (Å²) in [7, 11) is 3.68. The summed E-state index contributed by atoms with van der Waals surface area (Å²) in [5.41, 5.74) is 4.99. The van der Waals surface area contributed by atoms with Crippen molar-refractivity contribution in [1.29, 1.82) is 0 Å². The number of benzene rings is 8. The van der Waals surface area contributed by atoms with E-state index in [1.807, 2.05) is 28.4 Å². The van der Waals surface area contributed by atoms with E-state index in [2.05, 4.69) is 302 Å². The van der Waals surface area contributed by atoms with E-state index in [0.717, 1.165) is 83.8 Å². The number of hydrogen-bond donors (Lipinski definition) is 0. The van der Waals surface area contributed by atoms with Gasteiger partial charge in [-0.1, -0.05) is 322 Å². The first kappa shape index (κ1) is 111. The van der Waals surface area contributed by atoms with Crippen LogP contribution in [0.1, 0.15) is 130 Å². The van der Waals surface area contributed by atoms with E-state index >= 15 is 0 Å². The second kappa shape index (κ2) is 56.5. The molecule has 8 aromatic carbocycles. The molecule has 4 aliphatic heterocycles. The molecular formula is C108H164Fe2N4O4P4Si2. The van der Waals surface area contributed by atoms with Gasteiger partial charge in [0.25, 0.3) is 0 Å². The Balaban J connectivity index is 0.000000288. The summed E-state index contributed by atoms with van der Waals surface area (Å²) in [6.07, 6.45) is 24.4. The largest absolute Gasteiger partial charge is 2.00 e. The number of likely N-dealkylation sites (tertiary alicyclic amines) is 4. The van der Waals surface area contributed by atoms with Crippen molar-refractivity contribution in [2.24, 2.45) is 23.7 Å². The summed E-state index contributed by atoms with van der Waals surface area (Å²) in [6, 6.07) is 93.4. The van der Waals surface area contributed by atoms with E-state index < -0.39 is 16.1 Å². The maximum absolute atomic E-state index is 5.60. The van der Waals surface area contributed by atoms with Gasteiger partial charge in [0.2, 0.25) is 0 Å². The van der Waals surface area contributed by atoms with Crippen LogP contribution in [0.15, 0.2) is 243 Å². The van der Waals surface area contributed by atoms with Gasteiger partial charge in [0.15, 0.2) is 0 Å². The zero-order chi connectivity index (χ0) is 80.6. The molecule has 10 unspecified atom stereocenters. The van der Waals surface area contributed by atoms with Crippen molar-refractivity contribution < 1.29 is 53.1 Å². The Labute approximate surface area is 787 Å². The van der Waals surface area contributed by atoms with Crippen molar-refractivity contribution in [2.75, 3.05) is 107 Å². The quantitative estimate of drug-likeness (QED) is 0.0251. The monoisotopic (exact) mass is 1870 g/mol. The van der Waals surface area contributed by atoms with Crippen molar-refractivity contribution in [3.05, 3.63) is 272 Å². The van der Waals surface area contributed by atoms with Crippen LogP contribution in [0.3, 0.4) is 0 Å². The molecule has 684 valence electrons. The van der Waals surface area contributed by atoms with Crippen molar-refractivity contribution in [1.82, 2.24) is 19.6 Å². The summed E-state index contributed by atoms with van der Waals surface area (Å²) in [5.74, 6) is 3.23. The Morgan fingerprint density at radius 1 is 0.258 bits per heavy atom. The molecule has 0 radical (unpaired) electrons. The topological polar surface area (TPSA) is 49.9 Å². The summed E-state index contributed by atoms with van der Waals surface area (Å²) in [5, 5.41) is 12.4. The van der Waals surface area contributed by atoms with E-state index in [4.69, 9.17) is 18.9 Å². The van der Waals surface area contributed by atoms with Crippen molar-refractivity contribution in [3.63, 3.8) is 0 Å². The Morgan fingerprint density at radius 2 is 0.460 bits per heavy atom. The molecule has 0 N–H and O–H groups in total. The fourth-order valence-corrected chi connectivity index (χ4v) is 40.8. The second-order valence-electron chi connectivity index (χ2n) is 37.2. The van der Waals surface area contributed by atoms with Gasteiger partial charge >= 0.3 is 34.1 Å². The van der Waals surface area contributed by atoms with Gasteiger partial charge in [0.1, 0.15) is 0 Å². The SMILES string of the molecule is C.C.COC[C@@H]1CCCN1CC1C(P(c2ccccc2)c2ccccc2)CCC1[Si](C)(C)C.COC[C@@H]1CCCN1CC1C(P(c2ccccc2)c2ccccc2)CCC1[Si](C)(C)C.COC[C@@H]1CCCN1CC1CCCC1P(c1ccccc1)c1ccccc1.COC[C@@H]1CCCN1CC1CCCC1P(c1ccccc1)c1ccccc1.[CH3-].[CH3-].[CH3-].[CH3-].[Fe+2].[Fe+2]. The first-order valence-electron chi connectivity index (χ1n) is 45.2. The Hall–Kier alpha value is -3.37. The molecule has 4 heterocycles. The number of methoxy groups -OCH3 is 4. The van der Waals surface area contributed by atoms with Gasteiger partial charge in [-0.3, -0.25) is 19.6 Å². The standard InChI is InChI=1S/2C27H40NOPSi.2C24H32NOP.2CH4.4CH3.2Fe/c2*1-29-21-22-12-11-19-28(22)20-25-26(17-18-27(25)31(2,3)4)30(23-13-7-5-8-14-23)24-15-9-6-10-16-24;2*1-26-19-21-11-9-17-25(21)18-20-10-8-16-24(20)27(22-12-4-2-5-13-22)23-14-6-3-7-15-23;;;;;;;;/h2*5-10,13-16,22,25-27H,11-12,17-21H2,1-4H3;2*2-7,12-15,20-21,24H,8-11,16-19H2,1H3;2*1H4;4*1H3;;/q;;;;;;4*-1;2*+2/t2*22-,25?,26?,27?;2*20?,21-,24?;;;;;;;;/m0000......../s1. The fraction of sp³-hybridized carbons (Fsp3) is 0.519. The zero-order valence-corrected chi connectivity index (χ0v) is 85.1. The van der Waals surface area contributed by atoms with Crippen LogP contribution in [0, 0.1) is 53.4 Å². The molecule has 8 nitrogen and oxygen atoms in total.